The monoisotopic (exact) mass is 189 g/mol. The molecule has 74 valence electrons. The molecule has 0 aliphatic heterocycles. The van der Waals surface area contributed by atoms with Gasteiger partial charge in [0.25, 0.3) is 0 Å². The van der Waals surface area contributed by atoms with Gasteiger partial charge in [-0.15, -0.1) is 0 Å². The van der Waals surface area contributed by atoms with Crippen molar-refractivity contribution in [2.75, 3.05) is 18.8 Å². The van der Waals surface area contributed by atoms with Crippen LogP contribution in [0, 0.1) is 0 Å². The van der Waals surface area contributed by atoms with Crippen molar-refractivity contribution >= 4 is 11.8 Å². The van der Waals surface area contributed by atoms with Crippen LogP contribution < -0.4 is 5.32 Å². The first-order chi connectivity index (χ1) is 5.81. The molecule has 2 heteroatoms. The van der Waals surface area contributed by atoms with E-state index >= 15 is 0 Å². The van der Waals surface area contributed by atoms with Gasteiger partial charge in [0, 0.05) is 11.8 Å². The predicted molar refractivity (Wildman–Crippen MR) is 60.0 cm³/mol. The molecule has 0 aromatic heterocycles. The van der Waals surface area contributed by atoms with Crippen molar-refractivity contribution in [1.82, 2.24) is 5.32 Å². The van der Waals surface area contributed by atoms with Gasteiger partial charge in [-0.2, -0.15) is 11.8 Å². The highest BCUT2D eigenvalue weighted by Gasteiger charge is 1.99. The molecule has 0 aliphatic carbocycles. The van der Waals surface area contributed by atoms with Crippen LogP contribution in [0.2, 0.25) is 0 Å². The molecule has 0 amide bonds. The molecular formula is C10H23NS. The van der Waals surface area contributed by atoms with E-state index in [9.17, 15) is 0 Å². The summed E-state index contributed by atoms with van der Waals surface area (Å²) in [6.07, 6.45) is 3.90. The smallest absolute Gasteiger partial charge is 0.0144 e. The molecule has 1 N–H and O–H groups in total. The average molecular weight is 189 g/mol. The summed E-state index contributed by atoms with van der Waals surface area (Å²) >= 11 is 2.07. The molecule has 0 saturated heterocycles. The highest BCUT2D eigenvalue weighted by molar-refractivity contribution is 7.99. The van der Waals surface area contributed by atoms with E-state index in [-0.39, 0.29) is 0 Å². The topological polar surface area (TPSA) is 12.0 Å². The predicted octanol–water partition coefficient (Wildman–Crippen LogP) is 2.91. The molecule has 1 nitrogen and oxygen atoms in total. The van der Waals surface area contributed by atoms with E-state index in [2.05, 4.69) is 37.8 Å². The Morgan fingerprint density at radius 3 is 2.58 bits per heavy atom. The molecule has 0 rings (SSSR count). The van der Waals surface area contributed by atoms with Gasteiger partial charge >= 0.3 is 0 Å². The van der Waals surface area contributed by atoms with Gasteiger partial charge in [0.15, 0.2) is 0 Å². The maximum absolute atomic E-state index is 3.47. The maximum Gasteiger partial charge on any atom is 0.0144 e. The Morgan fingerprint density at radius 1 is 1.25 bits per heavy atom. The molecular weight excluding hydrogens is 166 g/mol. The van der Waals surface area contributed by atoms with Crippen LogP contribution in [-0.4, -0.2) is 24.1 Å². The van der Waals surface area contributed by atoms with Gasteiger partial charge in [-0.1, -0.05) is 27.2 Å². The third-order valence-electron chi connectivity index (χ3n) is 1.75. The lowest BCUT2D eigenvalue weighted by atomic mass is 10.3. The van der Waals surface area contributed by atoms with Gasteiger partial charge in [0.2, 0.25) is 0 Å². The first-order valence-electron chi connectivity index (χ1n) is 5.13. The quantitative estimate of drug-likeness (QED) is 0.589. The van der Waals surface area contributed by atoms with E-state index in [1.807, 2.05) is 0 Å². The van der Waals surface area contributed by atoms with E-state index in [0.717, 1.165) is 5.25 Å². The zero-order valence-corrected chi connectivity index (χ0v) is 9.54. The van der Waals surface area contributed by atoms with Crippen molar-refractivity contribution in [3.05, 3.63) is 0 Å². The summed E-state index contributed by atoms with van der Waals surface area (Å²) in [7, 11) is 0. The van der Waals surface area contributed by atoms with Crippen LogP contribution in [0.4, 0.5) is 0 Å². The molecule has 1 unspecified atom stereocenters. The Bertz CT molecular complexity index is 85.9. The van der Waals surface area contributed by atoms with Gasteiger partial charge in [-0.25, -0.2) is 0 Å². The second-order valence-electron chi connectivity index (χ2n) is 3.24. The lowest BCUT2D eigenvalue weighted by molar-refractivity contribution is 0.638. The summed E-state index contributed by atoms with van der Waals surface area (Å²) in [4.78, 5) is 0. The third-order valence-corrected chi connectivity index (χ3v) is 3.13. The fraction of sp³-hybridized carbons (Fsp3) is 1.00. The number of unbranched alkanes of at least 4 members (excludes halogenated alkanes) is 1. The first kappa shape index (κ1) is 12.3. The van der Waals surface area contributed by atoms with Gasteiger partial charge < -0.3 is 5.32 Å². The second kappa shape index (κ2) is 9.40. The Morgan fingerprint density at radius 2 is 2.00 bits per heavy atom. The summed E-state index contributed by atoms with van der Waals surface area (Å²) in [6.45, 7) is 9.14. The van der Waals surface area contributed by atoms with Crippen LogP contribution in [0.5, 0.6) is 0 Å². The van der Waals surface area contributed by atoms with Gasteiger partial charge in [-0.05, 0) is 25.1 Å². The number of hydrogen-bond donors (Lipinski definition) is 1. The largest absolute Gasteiger partial charge is 0.316 e. The molecule has 12 heavy (non-hydrogen) atoms. The van der Waals surface area contributed by atoms with Crippen molar-refractivity contribution in [1.29, 1.82) is 0 Å². The van der Waals surface area contributed by atoms with Crippen molar-refractivity contribution in [2.45, 2.75) is 45.3 Å². The summed E-state index contributed by atoms with van der Waals surface area (Å²) < 4.78 is 0. The van der Waals surface area contributed by atoms with E-state index in [1.54, 1.807) is 0 Å². The molecule has 0 bridgehead atoms. The second-order valence-corrected chi connectivity index (χ2v) is 4.79. The summed E-state index contributed by atoms with van der Waals surface area (Å²) in [5, 5.41) is 4.25. The fourth-order valence-corrected chi connectivity index (χ4v) is 1.86. The SMILES string of the molecule is CCCCNCC(C)SCCC. The molecule has 0 heterocycles. The summed E-state index contributed by atoms with van der Waals surface area (Å²) in [5.74, 6) is 1.30. The minimum atomic E-state index is 0.779. The molecule has 0 aromatic carbocycles. The Hall–Kier alpha value is 0.310. The minimum absolute atomic E-state index is 0.779. The standard InChI is InChI=1S/C10H23NS/c1-4-6-7-11-9-10(3)12-8-5-2/h10-11H,4-9H2,1-3H3. The van der Waals surface area contributed by atoms with Crippen LogP contribution in [-0.2, 0) is 0 Å². The normalized spacial score (nSPS) is 13.2. The summed E-state index contributed by atoms with van der Waals surface area (Å²) in [6, 6.07) is 0. The van der Waals surface area contributed by atoms with Crippen LogP contribution >= 0.6 is 11.8 Å². The molecule has 0 saturated carbocycles. The highest BCUT2D eigenvalue weighted by Crippen LogP contribution is 2.09. The van der Waals surface area contributed by atoms with Crippen LogP contribution in [0.1, 0.15) is 40.0 Å². The molecule has 0 aromatic rings. The fourth-order valence-electron chi connectivity index (χ4n) is 0.985. The van der Waals surface area contributed by atoms with Gasteiger partial charge in [-0.3, -0.25) is 0 Å². The molecule has 0 spiro atoms. The number of rotatable bonds is 8. The number of thioether (sulfide) groups is 1. The highest BCUT2D eigenvalue weighted by atomic mass is 32.2. The van der Waals surface area contributed by atoms with Crippen molar-refractivity contribution in [2.24, 2.45) is 0 Å². The number of hydrogen-bond acceptors (Lipinski definition) is 2. The maximum atomic E-state index is 3.47. The number of nitrogens with one attached hydrogen (secondary N) is 1. The molecule has 0 aliphatic rings. The van der Waals surface area contributed by atoms with Crippen LogP contribution in [0.25, 0.3) is 0 Å². The van der Waals surface area contributed by atoms with Crippen molar-refractivity contribution < 1.29 is 0 Å². The third kappa shape index (κ3) is 8.41. The Kier molecular flexibility index (Phi) is 9.64. The van der Waals surface area contributed by atoms with Gasteiger partial charge in [0.05, 0.1) is 0 Å². The molecule has 0 radical (unpaired) electrons. The minimum Gasteiger partial charge on any atom is -0.316 e. The van der Waals surface area contributed by atoms with E-state index in [0.29, 0.717) is 0 Å². The average Bonchev–Trinajstić information content (AvgIpc) is 2.09. The van der Waals surface area contributed by atoms with Crippen LogP contribution in [0.3, 0.4) is 0 Å². The van der Waals surface area contributed by atoms with E-state index < -0.39 is 0 Å². The van der Waals surface area contributed by atoms with Gasteiger partial charge in [0.1, 0.15) is 0 Å². The zero-order chi connectivity index (χ0) is 9.23. The molecule has 1 atom stereocenters. The molecule has 0 fully saturated rings. The summed E-state index contributed by atoms with van der Waals surface area (Å²) in [5.41, 5.74) is 0. The lowest BCUT2D eigenvalue weighted by Crippen LogP contribution is -2.23. The van der Waals surface area contributed by atoms with Crippen LogP contribution in [0.15, 0.2) is 0 Å². The van der Waals surface area contributed by atoms with E-state index in [1.165, 1.54) is 38.1 Å². The Balaban J connectivity index is 3.02. The Labute approximate surface area is 81.7 Å². The van der Waals surface area contributed by atoms with Crippen molar-refractivity contribution in [3.8, 4) is 0 Å². The first-order valence-corrected chi connectivity index (χ1v) is 6.18. The lowest BCUT2D eigenvalue weighted by Gasteiger charge is -2.11. The zero-order valence-electron chi connectivity index (χ0n) is 8.73. The van der Waals surface area contributed by atoms with Crippen molar-refractivity contribution in [3.63, 3.8) is 0 Å². The van der Waals surface area contributed by atoms with E-state index in [4.69, 9.17) is 0 Å².